The van der Waals surface area contributed by atoms with E-state index < -0.39 is 22.0 Å². The Bertz CT molecular complexity index is 919. The lowest BCUT2D eigenvalue weighted by Gasteiger charge is -2.29. The van der Waals surface area contributed by atoms with Crippen molar-refractivity contribution in [1.82, 2.24) is 5.32 Å². The number of nitrogens with zero attached hydrogens (tertiary/aromatic N) is 1. The van der Waals surface area contributed by atoms with Crippen LogP contribution in [0.5, 0.6) is 5.75 Å². The fourth-order valence-corrected chi connectivity index (χ4v) is 4.25. The second kappa shape index (κ2) is 9.30. The van der Waals surface area contributed by atoms with Crippen molar-refractivity contribution in [3.05, 3.63) is 59.1 Å². The first-order chi connectivity index (χ1) is 13.1. The fourth-order valence-electron chi connectivity index (χ4n) is 2.92. The van der Waals surface area contributed by atoms with Gasteiger partial charge in [-0.3, -0.25) is 9.10 Å². The molecule has 0 saturated carbocycles. The van der Waals surface area contributed by atoms with Crippen LogP contribution in [0.3, 0.4) is 0 Å². The van der Waals surface area contributed by atoms with Crippen LogP contribution in [0.15, 0.2) is 48.5 Å². The normalized spacial score (nSPS) is 13.5. The fraction of sp³-hybridized carbons (Fsp3) is 0.350. The highest BCUT2D eigenvalue weighted by molar-refractivity contribution is 7.92. The van der Waals surface area contributed by atoms with Gasteiger partial charge in [0.1, 0.15) is 11.8 Å². The molecule has 0 radical (unpaired) electrons. The summed E-state index contributed by atoms with van der Waals surface area (Å²) in [6.07, 6.45) is 1.05. The minimum Gasteiger partial charge on any atom is -0.495 e. The SMILES string of the molecule is COc1ccc(Cl)cc1N([C@@H](C)C(=O)NC[C@@H](C)c1ccccc1)S(C)(=O)=O. The predicted molar refractivity (Wildman–Crippen MR) is 113 cm³/mol. The van der Waals surface area contributed by atoms with Gasteiger partial charge in [0.25, 0.3) is 0 Å². The van der Waals surface area contributed by atoms with Crippen molar-refractivity contribution in [2.75, 3.05) is 24.2 Å². The number of anilines is 1. The van der Waals surface area contributed by atoms with E-state index in [1.807, 2.05) is 37.3 Å². The monoisotopic (exact) mass is 424 g/mol. The van der Waals surface area contributed by atoms with E-state index in [1.54, 1.807) is 12.1 Å². The summed E-state index contributed by atoms with van der Waals surface area (Å²) in [7, 11) is -2.34. The number of rotatable bonds is 8. The molecule has 0 aliphatic carbocycles. The van der Waals surface area contributed by atoms with Crippen LogP contribution in [0.25, 0.3) is 0 Å². The molecule has 0 aliphatic heterocycles. The Morgan fingerprint density at radius 2 is 1.82 bits per heavy atom. The molecule has 2 aromatic rings. The highest BCUT2D eigenvalue weighted by atomic mass is 35.5. The molecule has 28 heavy (non-hydrogen) atoms. The average Bonchev–Trinajstić information content (AvgIpc) is 2.65. The van der Waals surface area contributed by atoms with Crippen molar-refractivity contribution in [2.24, 2.45) is 0 Å². The Morgan fingerprint density at radius 3 is 2.39 bits per heavy atom. The maximum Gasteiger partial charge on any atom is 0.243 e. The second-order valence-corrected chi connectivity index (χ2v) is 8.90. The predicted octanol–water partition coefficient (Wildman–Crippen LogP) is 3.42. The summed E-state index contributed by atoms with van der Waals surface area (Å²) >= 11 is 6.05. The lowest BCUT2D eigenvalue weighted by Crippen LogP contribution is -2.48. The van der Waals surface area contributed by atoms with Crippen LogP contribution in [0, 0.1) is 0 Å². The summed E-state index contributed by atoms with van der Waals surface area (Å²) in [4.78, 5) is 12.7. The lowest BCUT2D eigenvalue weighted by atomic mass is 10.0. The van der Waals surface area contributed by atoms with Crippen LogP contribution in [-0.4, -0.2) is 40.3 Å². The van der Waals surface area contributed by atoms with E-state index in [2.05, 4.69) is 5.32 Å². The van der Waals surface area contributed by atoms with Crippen LogP contribution in [-0.2, 0) is 14.8 Å². The van der Waals surface area contributed by atoms with E-state index in [0.29, 0.717) is 17.3 Å². The third-order valence-corrected chi connectivity index (χ3v) is 5.88. The number of hydrogen-bond donors (Lipinski definition) is 1. The van der Waals surface area contributed by atoms with Crippen molar-refractivity contribution in [1.29, 1.82) is 0 Å². The Hall–Kier alpha value is -2.25. The van der Waals surface area contributed by atoms with Crippen LogP contribution >= 0.6 is 11.6 Å². The van der Waals surface area contributed by atoms with Crippen LogP contribution in [0.1, 0.15) is 25.3 Å². The molecule has 2 aromatic carbocycles. The first-order valence-corrected chi connectivity index (χ1v) is 11.0. The Labute approximate surface area is 171 Å². The molecule has 0 heterocycles. The Kier molecular flexibility index (Phi) is 7.32. The zero-order valence-electron chi connectivity index (χ0n) is 16.3. The molecule has 1 N–H and O–H groups in total. The maximum atomic E-state index is 12.7. The lowest BCUT2D eigenvalue weighted by molar-refractivity contribution is -0.121. The molecule has 0 spiro atoms. The van der Waals surface area contributed by atoms with Crippen molar-refractivity contribution in [3.8, 4) is 5.75 Å². The second-order valence-electron chi connectivity index (χ2n) is 6.61. The van der Waals surface area contributed by atoms with Crippen molar-refractivity contribution < 1.29 is 17.9 Å². The number of methoxy groups -OCH3 is 1. The van der Waals surface area contributed by atoms with Gasteiger partial charge < -0.3 is 10.1 Å². The van der Waals surface area contributed by atoms with Gasteiger partial charge in [-0.25, -0.2) is 8.42 Å². The number of hydrogen-bond acceptors (Lipinski definition) is 4. The van der Waals surface area contributed by atoms with Crippen LogP contribution in [0.4, 0.5) is 5.69 Å². The molecule has 0 fully saturated rings. The van der Waals surface area contributed by atoms with E-state index in [4.69, 9.17) is 16.3 Å². The van der Waals surface area contributed by atoms with Gasteiger partial charge >= 0.3 is 0 Å². The van der Waals surface area contributed by atoms with E-state index >= 15 is 0 Å². The number of benzene rings is 2. The molecular formula is C20H25ClN2O4S. The molecule has 0 bridgehead atoms. The van der Waals surface area contributed by atoms with Gasteiger partial charge in [0.2, 0.25) is 15.9 Å². The summed E-state index contributed by atoms with van der Waals surface area (Å²) in [6, 6.07) is 13.4. The van der Waals surface area contributed by atoms with Gasteiger partial charge in [0.05, 0.1) is 19.1 Å². The molecule has 8 heteroatoms. The zero-order valence-corrected chi connectivity index (χ0v) is 17.9. The summed E-state index contributed by atoms with van der Waals surface area (Å²) in [5.74, 6) is -0.00731. The van der Waals surface area contributed by atoms with Gasteiger partial charge in [-0.2, -0.15) is 0 Å². The number of carbonyl (C=O) groups excluding carboxylic acids is 1. The molecule has 0 aromatic heterocycles. The van der Waals surface area contributed by atoms with E-state index in [0.717, 1.165) is 16.1 Å². The summed E-state index contributed by atoms with van der Waals surface area (Å²) < 4.78 is 31.2. The van der Waals surface area contributed by atoms with E-state index in [9.17, 15) is 13.2 Å². The Balaban J connectivity index is 2.23. The molecule has 0 unspecified atom stereocenters. The van der Waals surface area contributed by atoms with Gasteiger partial charge in [0.15, 0.2) is 0 Å². The average molecular weight is 425 g/mol. The minimum absolute atomic E-state index is 0.0877. The first kappa shape index (κ1) is 22.0. The highest BCUT2D eigenvalue weighted by Crippen LogP contribution is 2.34. The highest BCUT2D eigenvalue weighted by Gasteiger charge is 2.31. The molecule has 0 aliphatic rings. The topological polar surface area (TPSA) is 75.7 Å². The third kappa shape index (κ3) is 5.39. The van der Waals surface area contributed by atoms with Gasteiger partial charge in [0, 0.05) is 11.6 Å². The number of amides is 1. The standard InChI is InChI=1S/C20H25ClN2O4S/c1-14(16-8-6-5-7-9-16)13-22-20(24)15(2)23(28(4,25)26)18-12-17(21)10-11-19(18)27-3/h5-12,14-15H,13H2,1-4H3,(H,22,24)/t14-,15+/m1/s1. The van der Waals surface area contributed by atoms with Gasteiger partial charge in [-0.15, -0.1) is 0 Å². The zero-order chi connectivity index (χ0) is 20.9. The van der Waals surface area contributed by atoms with Gasteiger partial charge in [-0.1, -0.05) is 48.9 Å². The number of carbonyl (C=O) groups is 1. The largest absolute Gasteiger partial charge is 0.495 e. The van der Waals surface area contributed by atoms with Crippen molar-refractivity contribution >= 4 is 33.2 Å². The molecule has 152 valence electrons. The van der Waals surface area contributed by atoms with Crippen molar-refractivity contribution in [3.63, 3.8) is 0 Å². The molecule has 6 nitrogen and oxygen atoms in total. The number of halogens is 1. The Morgan fingerprint density at radius 1 is 1.18 bits per heavy atom. The maximum absolute atomic E-state index is 12.7. The molecule has 1 amide bonds. The number of nitrogens with one attached hydrogen (secondary N) is 1. The number of sulfonamides is 1. The first-order valence-electron chi connectivity index (χ1n) is 8.80. The molecule has 0 saturated heterocycles. The van der Waals surface area contributed by atoms with E-state index in [1.165, 1.54) is 20.1 Å². The summed E-state index contributed by atoms with van der Waals surface area (Å²) in [5.41, 5.74) is 1.31. The quantitative estimate of drug-likeness (QED) is 0.704. The van der Waals surface area contributed by atoms with Crippen molar-refractivity contribution in [2.45, 2.75) is 25.8 Å². The van der Waals surface area contributed by atoms with Crippen LogP contribution in [0.2, 0.25) is 5.02 Å². The summed E-state index contributed by atoms with van der Waals surface area (Å²) in [5, 5.41) is 3.18. The smallest absolute Gasteiger partial charge is 0.243 e. The third-order valence-electron chi connectivity index (χ3n) is 4.42. The number of ether oxygens (including phenoxy) is 1. The van der Waals surface area contributed by atoms with E-state index in [-0.39, 0.29) is 11.6 Å². The summed E-state index contributed by atoms with van der Waals surface area (Å²) in [6.45, 7) is 3.91. The van der Waals surface area contributed by atoms with Gasteiger partial charge in [-0.05, 0) is 36.6 Å². The molecule has 2 rings (SSSR count). The minimum atomic E-state index is -3.77. The molecule has 2 atom stereocenters. The molecular weight excluding hydrogens is 400 g/mol. The van der Waals surface area contributed by atoms with Crippen LogP contribution < -0.4 is 14.4 Å².